The van der Waals surface area contributed by atoms with E-state index in [9.17, 15) is 14.7 Å². The number of nitrogens with zero attached hydrogens (tertiary/aromatic N) is 1. The summed E-state index contributed by atoms with van der Waals surface area (Å²) in [4.78, 5) is 24.4. The SMILES string of the molecule is CC(=O)N(C[C@@H]1[C@@H](CC=CCCCC(=O)O)[C@H](Cl)C[C@H]1O)c1cc(Cl)cc(Cl)c1. The first-order valence-corrected chi connectivity index (χ1v) is 10.8. The van der Waals surface area contributed by atoms with Crippen molar-refractivity contribution < 1.29 is 19.8 Å². The highest BCUT2D eigenvalue weighted by Gasteiger charge is 2.42. The second kappa shape index (κ2) is 11.2. The zero-order valence-electron chi connectivity index (χ0n) is 16.2. The van der Waals surface area contributed by atoms with E-state index in [2.05, 4.69) is 0 Å². The van der Waals surface area contributed by atoms with Crippen molar-refractivity contribution in [1.82, 2.24) is 0 Å². The van der Waals surface area contributed by atoms with Crippen LogP contribution in [-0.4, -0.2) is 40.1 Å². The third-order valence-electron chi connectivity index (χ3n) is 5.24. The normalized spacial score (nSPS) is 24.2. The number of aliphatic carboxylic acids is 1. The maximum atomic E-state index is 12.3. The molecular weight excluding hydrogens is 437 g/mol. The minimum Gasteiger partial charge on any atom is -0.481 e. The van der Waals surface area contributed by atoms with E-state index in [-0.39, 0.29) is 29.5 Å². The van der Waals surface area contributed by atoms with Gasteiger partial charge < -0.3 is 15.1 Å². The van der Waals surface area contributed by atoms with Gasteiger partial charge in [0.05, 0.1) is 6.10 Å². The molecule has 1 aromatic rings. The van der Waals surface area contributed by atoms with Crippen LogP contribution in [0.2, 0.25) is 10.0 Å². The number of anilines is 1. The van der Waals surface area contributed by atoms with Crippen molar-refractivity contribution in [3.05, 3.63) is 40.4 Å². The molecule has 0 saturated heterocycles. The van der Waals surface area contributed by atoms with Crippen LogP contribution in [0.5, 0.6) is 0 Å². The Labute approximate surface area is 186 Å². The molecule has 8 heteroatoms. The van der Waals surface area contributed by atoms with Crippen molar-refractivity contribution in [2.24, 2.45) is 11.8 Å². The number of alkyl halides is 1. The number of carboxylic acids is 1. The Bertz CT molecular complexity index is 735. The minimum absolute atomic E-state index is 0.00102. The molecule has 4 atom stereocenters. The number of halogens is 3. The predicted octanol–water partition coefficient (Wildman–Crippen LogP) is 5.15. The van der Waals surface area contributed by atoms with E-state index in [0.717, 1.165) is 0 Å². The maximum Gasteiger partial charge on any atom is 0.303 e. The average molecular weight is 463 g/mol. The van der Waals surface area contributed by atoms with Gasteiger partial charge in [-0.2, -0.15) is 0 Å². The molecule has 2 N–H and O–H groups in total. The molecule has 0 radical (unpaired) electrons. The molecule has 0 aliphatic heterocycles. The van der Waals surface area contributed by atoms with E-state index >= 15 is 0 Å². The summed E-state index contributed by atoms with van der Waals surface area (Å²) in [5, 5.41) is 19.9. The van der Waals surface area contributed by atoms with Gasteiger partial charge in [0.2, 0.25) is 5.91 Å². The fourth-order valence-electron chi connectivity index (χ4n) is 3.78. The van der Waals surface area contributed by atoms with Crippen molar-refractivity contribution in [1.29, 1.82) is 0 Å². The van der Waals surface area contributed by atoms with Gasteiger partial charge in [0, 0.05) is 46.9 Å². The smallest absolute Gasteiger partial charge is 0.303 e. The molecule has 2 rings (SSSR count). The van der Waals surface area contributed by atoms with Crippen LogP contribution in [0, 0.1) is 11.8 Å². The van der Waals surface area contributed by atoms with Crippen LogP contribution in [-0.2, 0) is 9.59 Å². The Hall–Kier alpha value is -1.27. The van der Waals surface area contributed by atoms with Crippen LogP contribution in [0.1, 0.15) is 39.0 Å². The molecule has 29 heavy (non-hydrogen) atoms. The molecule has 0 unspecified atom stereocenters. The first-order chi connectivity index (χ1) is 13.7. The van der Waals surface area contributed by atoms with Crippen molar-refractivity contribution in [3.8, 4) is 0 Å². The number of rotatable bonds is 9. The van der Waals surface area contributed by atoms with Crippen LogP contribution in [0.25, 0.3) is 0 Å². The number of carbonyl (C=O) groups is 2. The second-order valence-corrected chi connectivity index (χ2v) is 8.83. The molecule has 1 fully saturated rings. The lowest BCUT2D eigenvalue weighted by molar-refractivity contribution is -0.137. The summed E-state index contributed by atoms with van der Waals surface area (Å²) < 4.78 is 0. The molecule has 1 aliphatic carbocycles. The molecule has 0 spiro atoms. The lowest BCUT2D eigenvalue weighted by atomic mass is 9.90. The summed E-state index contributed by atoms with van der Waals surface area (Å²) in [6, 6.07) is 4.94. The maximum absolute atomic E-state index is 12.3. The van der Waals surface area contributed by atoms with Crippen molar-refractivity contribution in [2.45, 2.75) is 50.5 Å². The Morgan fingerprint density at radius 2 is 1.83 bits per heavy atom. The van der Waals surface area contributed by atoms with E-state index in [4.69, 9.17) is 39.9 Å². The summed E-state index contributed by atoms with van der Waals surface area (Å²) in [5.41, 5.74) is 0.586. The molecule has 1 amide bonds. The van der Waals surface area contributed by atoms with Gasteiger partial charge in [0.25, 0.3) is 0 Å². The number of aliphatic hydroxyl groups excluding tert-OH is 1. The highest BCUT2D eigenvalue weighted by Crippen LogP contribution is 2.40. The molecule has 1 aromatic carbocycles. The summed E-state index contributed by atoms with van der Waals surface area (Å²) >= 11 is 18.7. The molecule has 160 valence electrons. The summed E-state index contributed by atoms with van der Waals surface area (Å²) in [6.07, 6.45) is 5.86. The Kier molecular flexibility index (Phi) is 9.28. The van der Waals surface area contributed by atoms with Crippen LogP contribution in [0.15, 0.2) is 30.4 Å². The first-order valence-electron chi connectivity index (χ1n) is 9.62. The van der Waals surface area contributed by atoms with Crippen LogP contribution in [0.3, 0.4) is 0 Å². The quantitative estimate of drug-likeness (QED) is 0.302. The lowest BCUT2D eigenvalue weighted by Crippen LogP contribution is -2.38. The van der Waals surface area contributed by atoms with Crippen molar-refractivity contribution >= 4 is 52.4 Å². The number of hydrogen-bond acceptors (Lipinski definition) is 3. The van der Waals surface area contributed by atoms with Gasteiger partial charge in [-0.15, -0.1) is 11.6 Å². The number of aliphatic hydroxyl groups is 1. The van der Waals surface area contributed by atoms with Gasteiger partial charge >= 0.3 is 5.97 Å². The summed E-state index contributed by atoms with van der Waals surface area (Å²) in [7, 11) is 0. The number of benzene rings is 1. The van der Waals surface area contributed by atoms with E-state index in [1.165, 1.54) is 6.92 Å². The Balaban J connectivity index is 2.08. The third kappa shape index (κ3) is 7.18. The van der Waals surface area contributed by atoms with E-state index in [0.29, 0.717) is 48.0 Å². The van der Waals surface area contributed by atoms with Gasteiger partial charge in [-0.25, -0.2) is 0 Å². The zero-order chi connectivity index (χ0) is 21.6. The Morgan fingerprint density at radius 3 is 2.41 bits per heavy atom. The van der Waals surface area contributed by atoms with Gasteiger partial charge in [-0.3, -0.25) is 9.59 Å². The first kappa shape index (κ1) is 24.0. The highest BCUT2D eigenvalue weighted by molar-refractivity contribution is 6.35. The average Bonchev–Trinajstić information content (AvgIpc) is 2.87. The summed E-state index contributed by atoms with van der Waals surface area (Å²) in [6.45, 7) is 1.78. The molecule has 1 saturated carbocycles. The number of carbonyl (C=O) groups excluding carboxylic acids is 1. The van der Waals surface area contributed by atoms with Crippen molar-refractivity contribution in [3.63, 3.8) is 0 Å². The van der Waals surface area contributed by atoms with E-state index < -0.39 is 12.1 Å². The predicted molar refractivity (Wildman–Crippen MR) is 117 cm³/mol. The third-order valence-corrected chi connectivity index (χ3v) is 6.18. The van der Waals surface area contributed by atoms with Crippen molar-refractivity contribution in [2.75, 3.05) is 11.4 Å². The monoisotopic (exact) mass is 461 g/mol. The molecule has 0 aromatic heterocycles. The molecule has 1 aliphatic rings. The van der Waals surface area contributed by atoms with Gasteiger partial charge in [-0.1, -0.05) is 35.4 Å². The Morgan fingerprint density at radius 1 is 1.17 bits per heavy atom. The van der Waals surface area contributed by atoms with Gasteiger partial charge in [-0.05, 0) is 49.8 Å². The molecule has 5 nitrogen and oxygen atoms in total. The van der Waals surface area contributed by atoms with Crippen LogP contribution >= 0.6 is 34.8 Å². The molecular formula is C21H26Cl3NO4. The number of amides is 1. The van der Waals surface area contributed by atoms with Crippen LogP contribution < -0.4 is 4.90 Å². The van der Waals surface area contributed by atoms with Gasteiger partial charge in [0.15, 0.2) is 0 Å². The number of carboxylic acid groups (broad SMARTS) is 1. The minimum atomic E-state index is -0.802. The molecule has 0 heterocycles. The van der Waals surface area contributed by atoms with Gasteiger partial charge in [0.1, 0.15) is 0 Å². The van der Waals surface area contributed by atoms with E-state index in [1.54, 1.807) is 23.1 Å². The topological polar surface area (TPSA) is 77.8 Å². The number of allylic oxidation sites excluding steroid dienone is 2. The van der Waals surface area contributed by atoms with E-state index in [1.807, 2.05) is 12.2 Å². The molecule has 0 bridgehead atoms. The lowest BCUT2D eigenvalue weighted by Gasteiger charge is -2.30. The second-order valence-electron chi connectivity index (χ2n) is 7.40. The van der Waals surface area contributed by atoms with Crippen LogP contribution in [0.4, 0.5) is 5.69 Å². The highest BCUT2D eigenvalue weighted by atomic mass is 35.5. The number of unbranched alkanes of at least 4 members (excludes halogenated alkanes) is 1. The zero-order valence-corrected chi connectivity index (χ0v) is 18.5. The largest absolute Gasteiger partial charge is 0.481 e. The number of hydrogen-bond donors (Lipinski definition) is 2. The summed E-state index contributed by atoms with van der Waals surface area (Å²) in [5.74, 6) is -1.16. The fourth-order valence-corrected chi connectivity index (χ4v) is 4.76. The standard InChI is InChI=1S/C21H26Cl3NO4/c1-13(26)25(16-9-14(22)8-15(23)10-16)12-18-17(19(24)11-20(18)27)6-4-2-3-5-7-21(28)29/h2,4,8-10,17-20,27H,3,5-7,11-12H2,1H3,(H,28,29)/t17-,18-,19-,20-/m1/s1. The fraction of sp³-hybridized carbons (Fsp3) is 0.524.